The second-order valence-corrected chi connectivity index (χ2v) is 5.51. The summed E-state index contributed by atoms with van der Waals surface area (Å²) in [5, 5.41) is 3.54. The fraction of sp³-hybridized carbons (Fsp3) is 0.600. The summed E-state index contributed by atoms with van der Waals surface area (Å²) in [4.78, 5) is 0. The van der Waals surface area contributed by atoms with Gasteiger partial charge in [-0.2, -0.15) is 13.2 Å². The molecule has 6 heteroatoms. The Hall–Kier alpha value is -0.810. The molecule has 0 aromatic heterocycles. The minimum Gasteiger partial charge on any atom is -0.314 e. The van der Waals surface area contributed by atoms with Crippen LogP contribution in [0, 0.1) is 5.82 Å². The third-order valence-corrected chi connectivity index (χ3v) is 3.53. The highest BCUT2D eigenvalue weighted by atomic mass is 35.5. The summed E-state index contributed by atoms with van der Waals surface area (Å²) in [7, 11) is 0. The highest BCUT2D eigenvalue weighted by Crippen LogP contribution is 2.24. The lowest BCUT2D eigenvalue weighted by Crippen LogP contribution is -2.32. The third-order valence-electron chi connectivity index (χ3n) is 3.18. The topological polar surface area (TPSA) is 12.0 Å². The van der Waals surface area contributed by atoms with Gasteiger partial charge in [0.1, 0.15) is 5.82 Å². The van der Waals surface area contributed by atoms with E-state index < -0.39 is 18.4 Å². The first-order valence-corrected chi connectivity index (χ1v) is 7.43. The van der Waals surface area contributed by atoms with Crippen molar-refractivity contribution >= 4 is 11.6 Å². The number of benzene rings is 1. The highest BCUT2D eigenvalue weighted by Gasteiger charge is 2.26. The summed E-state index contributed by atoms with van der Waals surface area (Å²) in [6.07, 6.45) is -3.03. The van der Waals surface area contributed by atoms with Gasteiger partial charge in [0.05, 0.1) is 0 Å². The van der Waals surface area contributed by atoms with Gasteiger partial charge in [-0.1, -0.05) is 24.6 Å². The zero-order valence-electron chi connectivity index (χ0n) is 11.9. The van der Waals surface area contributed by atoms with Crippen LogP contribution in [0.15, 0.2) is 18.2 Å². The fourth-order valence-corrected chi connectivity index (χ4v) is 2.37. The lowest BCUT2D eigenvalue weighted by atomic mass is 10.0. The molecule has 1 N–H and O–H groups in total. The van der Waals surface area contributed by atoms with Gasteiger partial charge >= 0.3 is 6.18 Å². The molecule has 0 fully saturated rings. The van der Waals surface area contributed by atoms with E-state index in [1.54, 1.807) is 6.07 Å². The molecule has 0 amide bonds. The van der Waals surface area contributed by atoms with Crippen molar-refractivity contribution in [2.24, 2.45) is 0 Å². The second kappa shape index (κ2) is 8.59. The van der Waals surface area contributed by atoms with E-state index in [4.69, 9.17) is 11.6 Å². The lowest BCUT2D eigenvalue weighted by Gasteiger charge is -2.19. The van der Waals surface area contributed by atoms with Crippen molar-refractivity contribution in [3.63, 3.8) is 0 Å². The maximum absolute atomic E-state index is 13.0. The van der Waals surface area contributed by atoms with Gasteiger partial charge in [0, 0.05) is 17.5 Å². The van der Waals surface area contributed by atoms with Crippen molar-refractivity contribution in [2.45, 2.75) is 51.2 Å². The molecule has 0 spiro atoms. The number of hydrogen-bond acceptors (Lipinski definition) is 1. The molecule has 1 aromatic carbocycles. The van der Waals surface area contributed by atoms with Crippen molar-refractivity contribution in [3.8, 4) is 0 Å². The summed E-state index contributed by atoms with van der Waals surface area (Å²) >= 11 is 5.97. The number of rotatable bonds is 8. The maximum atomic E-state index is 13.0. The molecule has 0 saturated carbocycles. The van der Waals surface area contributed by atoms with Crippen molar-refractivity contribution in [1.29, 1.82) is 0 Å². The summed E-state index contributed by atoms with van der Waals surface area (Å²) in [5.41, 5.74) is 0.749. The molecule has 1 nitrogen and oxygen atoms in total. The summed E-state index contributed by atoms with van der Waals surface area (Å²) in [6, 6.07) is 4.04. The molecular weight excluding hydrogens is 306 g/mol. The van der Waals surface area contributed by atoms with Gasteiger partial charge in [0.2, 0.25) is 0 Å². The smallest absolute Gasteiger partial charge is 0.314 e. The van der Waals surface area contributed by atoms with E-state index in [2.05, 4.69) is 5.32 Å². The van der Waals surface area contributed by atoms with E-state index >= 15 is 0 Å². The van der Waals surface area contributed by atoms with Crippen LogP contribution in [0.25, 0.3) is 0 Å². The molecule has 21 heavy (non-hydrogen) atoms. The first-order chi connectivity index (χ1) is 9.81. The number of halogens is 5. The Kier molecular flexibility index (Phi) is 7.46. The van der Waals surface area contributed by atoms with Crippen LogP contribution >= 0.6 is 11.6 Å². The van der Waals surface area contributed by atoms with Crippen molar-refractivity contribution in [2.75, 3.05) is 6.54 Å². The predicted octanol–water partition coefficient (Wildman–Crippen LogP) is 5.12. The Labute approximate surface area is 127 Å². The maximum Gasteiger partial charge on any atom is 0.389 e. The number of hydrogen-bond donors (Lipinski definition) is 1. The SMILES string of the molecule is CCCNC(CCCC(F)(F)F)Cc1ccc(F)cc1Cl. The van der Waals surface area contributed by atoms with Gasteiger partial charge in [-0.05, 0) is 49.9 Å². The van der Waals surface area contributed by atoms with Crippen LogP contribution in [0.4, 0.5) is 17.6 Å². The van der Waals surface area contributed by atoms with Crippen LogP contribution in [-0.4, -0.2) is 18.8 Å². The highest BCUT2D eigenvalue weighted by molar-refractivity contribution is 6.31. The quantitative estimate of drug-likeness (QED) is 0.654. The Morgan fingerprint density at radius 3 is 2.57 bits per heavy atom. The van der Waals surface area contributed by atoms with Crippen molar-refractivity contribution < 1.29 is 17.6 Å². The monoisotopic (exact) mass is 325 g/mol. The summed E-state index contributed by atoms with van der Waals surface area (Å²) in [5.74, 6) is -0.418. The molecule has 0 bridgehead atoms. The molecule has 0 aliphatic carbocycles. The van der Waals surface area contributed by atoms with Crippen LogP contribution in [0.1, 0.15) is 38.2 Å². The molecular formula is C15H20ClF4N. The molecule has 1 rings (SSSR count). The average molecular weight is 326 g/mol. The first kappa shape index (κ1) is 18.2. The predicted molar refractivity (Wildman–Crippen MR) is 77.1 cm³/mol. The molecule has 0 aliphatic rings. The molecule has 1 aromatic rings. The molecule has 1 unspecified atom stereocenters. The first-order valence-electron chi connectivity index (χ1n) is 7.06. The van der Waals surface area contributed by atoms with Gasteiger partial charge in [0.25, 0.3) is 0 Å². The Morgan fingerprint density at radius 2 is 2.00 bits per heavy atom. The van der Waals surface area contributed by atoms with Crippen LogP contribution in [0.3, 0.4) is 0 Å². The van der Waals surface area contributed by atoms with E-state index in [1.165, 1.54) is 12.1 Å². The van der Waals surface area contributed by atoms with Gasteiger partial charge in [-0.25, -0.2) is 4.39 Å². The van der Waals surface area contributed by atoms with Crippen LogP contribution in [-0.2, 0) is 6.42 Å². The number of nitrogens with one attached hydrogen (secondary N) is 1. The van der Waals surface area contributed by atoms with E-state index in [-0.39, 0.29) is 12.5 Å². The van der Waals surface area contributed by atoms with Gasteiger partial charge in [-0.15, -0.1) is 0 Å². The number of alkyl halides is 3. The van der Waals surface area contributed by atoms with Crippen LogP contribution in [0.5, 0.6) is 0 Å². The minimum atomic E-state index is -4.12. The Balaban J connectivity index is 2.60. The zero-order valence-corrected chi connectivity index (χ0v) is 12.7. The standard InChI is InChI=1S/C15H20ClF4N/c1-2-8-21-13(4-3-7-15(18,19)20)9-11-5-6-12(17)10-14(11)16/h5-6,10,13,21H,2-4,7-9H2,1H3. The molecule has 0 radical (unpaired) electrons. The van der Waals surface area contributed by atoms with Gasteiger partial charge in [0.15, 0.2) is 0 Å². The molecule has 1 atom stereocenters. The average Bonchev–Trinajstić information content (AvgIpc) is 2.37. The molecule has 0 aliphatic heterocycles. The van der Waals surface area contributed by atoms with Crippen LogP contribution < -0.4 is 5.32 Å². The van der Waals surface area contributed by atoms with Gasteiger partial charge in [-0.3, -0.25) is 0 Å². The molecule has 0 heterocycles. The van der Waals surface area contributed by atoms with E-state index in [0.29, 0.717) is 17.9 Å². The van der Waals surface area contributed by atoms with Crippen molar-refractivity contribution in [3.05, 3.63) is 34.6 Å². The van der Waals surface area contributed by atoms with Crippen LogP contribution in [0.2, 0.25) is 5.02 Å². The summed E-state index contributed by atoms with van der Waals surface area (Å²) in [6.45, 7) is 2.72. The Morgan fingerprint density at radius 1 is 1.29 bits per heavy atom. The molecule has 0 saturated heterocycles. The van der Waals surface area contributed by atoms with E-state index in [1.807, 2.05) is 6.92 Å². The second-order valence-electron chi connectivity index (χ2n) is 5.10. The van der Waals surface area contributed by atoms with E-state index in [0.717, 1.165) is 18.5 Å². The summed E-state index contributed by atoms with van der Waals surface area (Å²) < 4.78 is 49.6. The third kappa shape index (κ3) is 7.67. The van der Waals surface area contributed by atoms with Gasteiger partial charge < -0.3 is 5.32 Å². The van der Waals surface area contributed by atoms with Crippen molar-refractivity contribution in [1.82, 2.24) is 5.32 Å². The largest absolute Gasteiger partial charge is 0.389 e. The van der Waals surface area contributed by atoms with E-state index in [9.17, 15) is 17.6 Å². The lowest BCUT2D eigenvalue weighted by molar-refractivity contribution is -0.135. The zero-order chi connectivity index (χ0) is 15.9. The minimum absolute atomic E-state index is 0.0731. The fourth-order valence-electron chi connectivity index (χ4n) is 2.13. The molecule has 120 valence electrons. The normalized spacial score (nSPS) is 13.4. The Bertz CT molecular complexity index is 434.